The largest absolute Gasteiger partial charge is 0.312 e. The molecule has 2 rings (SSSR count). The third kappa shape index (κ3) is 3.30. The molecule has 1 N–H and O–H groups in total. The van der Waals surface area contributed by atoms with Crippen LogP contribution >= 0.6 is 0 Å². The van der Waals surface area contributed by atoms with Crippen LogP contribution in [0.15, 0.2) is 18.2 Å². The zero-order valence-corrected chi connectivity index (χ0v) is 12.8. The van der Waals surface area contributed by atoms with E-state index in [1.54, 1.807) is 17.0 Å². The van der Waals surface area contributed by atoms with Crippen molar-refractivity contribution < 1.29 is 13.2 Å². The minimum Gasteiger partial charge on any atom is -0.312 e. The van der Waals surface area contributed by atoms with Gasteiger partial charge in [0.1, 0.15) is 0 Å². The highest BCUT2D eigenvalue weighted by atomic mass is 32.2. The number of rotatable bonds is 4. The standard InChI is InChI=1S/C14H20N2O3S/c1-10(2)9-20(18,19)15-13-5-4-12-6-7-16(11(3)17)14(12)8-13/h4-5,8,10,15H,6-7,9H2,1-3H3. The highest BCUT2D eigenvalue weighted by Crippen LogP contribution is 2.31. The molecule has 5 nitrogen and oxygen atoms in total. The lowest BCUT2D eigenvalue weighted by atomic mass is 10.1. The second kappa shape index (κ2) is 5.44. The molecular weight excluding hydrogens is 276 g/mol. The number of nitrogens with one attached hydrogen (secondary N) is 1. The molecule has 6 heteroatoms. The molecule has 0 bridgehead atoms. The van der Waals surface area contributed by atoms with Crippen molar-refractivity contribution in [3.63, 3.8) is 0 Å². The molecule has 20 heavy (non-hydrogen) atoms. The summed E-state index contributed by atoms with van der Waals surface area (Å²) >= 11 is 0. The van der Waals surface area contributed by atoms with Gasteiger partial charge in [0.05, 0.1) is 11.4 Å². The Labute approximate surface area is 120 Å². The van der Waals surface area contributed by atoms with Gasteiger partial charge in [0.15, 0.2) is 0 Å². The SMILES string of the molecule is CC(=O)N1CCc2ccc(NS(=O)(=O)CC(C)C)cc21. The number of sulfonamides is 1. The summed E-state index contributed by atoms with van der Waals surface area (Å²) in [4.78, 5) is 13.2. The van der Waals surface area contributed by atoms with E-state index in [4.69, 9.17) is 0 Å². The topological polar surface area (TPSA) is 66.5 Å². The van der Waals surface area contributed by atoms with E-state index in [0.29, 0.717) is 12.2 Å². The van der Waals surface area contributed by atoms with Crippen molar-refractivity contribution in [2.24, 2.45) is 5.92 Å². The summed E-state index contributed by atoms with van der Waals surface area (Å²) in [5.74, 6) is 0.127. The van der Waals surface area contributed by atoms with Crippen LogP contribution in [0.4, 0.5) is 11.4 Å². The van der Waals surface area contributed by atoms with Crippen molar-refractivity contribution in [3.8, 4) is 0 Å². The van der Waals surface area contributed by atoms with E-state index < -0.39 is 10.0 Å². The Morgan fingerprint density at radius 3 is 2.70 bits per heavy atom. The molecule has 1 aromatic carbocycles. The van der Waals surface area contributed by atoms with Crippen LogP contribution in [-0.2, 0) is 21.2 Å². The molecule has 1 aromatic rings. The fourth-order valence-corrected chi connectivity index (χ4v) is 3.88. The first-order valence-electron chi connectivity index (χ1n) is 6.70. The van der Waals surface area contributed by atoms with E-state index in [2.05, 4.69) is 4.72 Å². The Kier molecular flexibility index (Phi) is 4.04. The van der Waals surface area contributed by atoms with Gasteiger partial charge in [-0.2, -0.15) is 0 Å². The first-order chi connectivity index (χ1) is 9.28. The van der Waals surface area contributed by atoms with Gasteiger partial charge in [-0.15, -0.1) is 0 Å². The predicted octanol–water partition coefficient (Wildman–Crippen LogP) is 1.99. The maximum absolute atomic E-state index is 11.9. The van der Waals surface area contributed by atoms with Crippen molar-refractivity contribution in [2.75, 3.05) is 21.9 Å². The van der Waals surface area contributed by atoms with Crippen LogP contribution in [0.5, 0.6) is 0 Å². The lowest BCUT2D eigenvalue weighted by molar-refractivity contribution is -0.116. The number of hydrogen-bond acceptors (Lipinski definition) is 3. The number of anilines is 2. The number of amides is 1. The minimum absolute atomic E-state index is 0.0223. The molecule has 110 valence electrons. The van der Waals surface area contributed by atoms with Crippen molar-refractivity contribution in [1.29, 1.82) is 0 Å². The van der Waals surface area contributed by atoms with Gasteiger partial charge in [-0.3, -0.25) is 9.52 Å². The van der Waals surface area contributed by atoms with E-state index in [1.807, 2.05) is 19.9 Å². The third-order valence-electron chi connectivity index (χ3n) is 3.19. The fraction of sp³-hybridized carbons (Fsp3) is 0.500. The molecule has 0 aromatic heterocycles. The van der Waals surface area contributed by atoms with E-state index in [9.17, 15) is 13.2 Å². The van der Waals surface area contributed by atoms with Gasteiger partial charge in [0.25, 0.3) is 0 Å². The lowest BCUT2D eigenvalue weighted by Gasteiger charge is -2.16. The number of hydrogen-bond donors (Lipinski definition) is 1. The highest BCUT2D eigenvalue weighted by molar-refractivity contribution is 7.92. The highest BCUT2D eigenvalue weighted by Gasteiger charge is 2.23. The van der Waals surface area contributed by atoms with Crippen LogP contribution in [-0.4, -0.2) is 26.6 Å². The minimum atomic E-state index is -3.34. The molecule has 0 saturated carbocycles. The lowest BCUT2D eigenvalue weighted by Crippen LogP contribution is -2.26. The summed E-state index contributed by atoms with van der Waals surface area (Å²) in [5, 5.41) is 0. The molecule has 0 atom stereocenters. The average Bonchev–Trinajstić information content (AvgIpc) is 2.69. The number of carbonyl (C=O) groups excluding carboxylic acids is 1. The summed E-state index contributed by atoms with van der Waals surface area (Å²) in [6.45, 7) is 5.90. The molecule has 0 saturated heterocycles. The first-order valence-corrected chi connectivity index (χ1v) is 8.35. The molecule has 0 aliphatic carbocycles. The first kappa shape index (κ1) is 14.8. The summed E-state index contributed by atoms with van der Waals surface area (Å²) < 4.78 is 26.4. The van der Waals surface area contributed by atoms with Gasteiger partial charge in [-0.25, -0.2) is 8.42 Å². The van der Waals surface area contributed by atoms with Crippen molar-refractivity contribution in [2.45, 2.75) is 27.2 Å². The maximum atomic E-state index is 11.9. The van der Waals surface area contributed by atoms with Crippen LogP contribution in [0.2, 0.25) is 0 Å². The maximum Gasteiger partial charge on any atom is 0.232 e. The number of benzene rings is 1. The molecule has 0 unspecified atom stereocenters. The summed E-state index contributed by atoms with van der Waals surface area (Å²) in [6, 6.07) is 5.37. The summed E-state index contributed by atoms with van der Waals surface area (Å²) in [7, 11) is -3.34. The van der Waals surface area contributed by atoms with Crippen LogP contribution in [0.3, 0.4) is 0 Å². The molecule has 1 aliphatic rings. The van der Waals surface area contributed by atoms with Gasteiger partial charge >= 0.3 is 0 Å². The van der Waals surface area contributed by atoms with Crippen LogP contribution in [0.1, 0.15) is 26.3 Å². The molecule has 0 radical (unpaired) electrons. The van der Waals surface area contributed by atoms with Crippen LogP contribution in [0.25, 0.3) is 0 Å². The number of nitrogens with zero attached hydrogens (tertiary/aromatic N) is 1. The third-order valence-corrected chi connectivity index (χ3v) is 4.84. The van der Waals surface area contributed by atoms with Crippen LogP contribution < -0.4 is 9.62 Å². The van der Waals surface area contributed by atoms with Gasteiger partial charge in [-0.05, 0) is 30.0 Å². The monoisotopic (exact) mass is 296 g/mol. The second-order valence-electron chi connectivity index (χ2n) is 5.54. The second-order valence-corrected chi connectivity index (χ2v) is 7.31. The van der Waals surface area contributed by atoms with Crippen LogP contribution in [0, 0.1) is 5.92 Å². The predicted molar refractivity (Wildman–Crippen MR) is 80.4 cm³/mol. The number of carbonyl (C=O) groups is 1. The van der Waals surface area contributed by atoms with E-state index in [-0.39, 0.29) is 17.6 Å². The molecule has 0 fully saturated rings. The molecule has 1 aliphatic heterocycles. The number of fused-ring (bicyclic) bond motifs is 1. The van der Waals surface area contributed by atoms with Crippen molar-refractivity contribution in [3.05, 3.63) is 23.8 Å². The quantitative estimate of drug-likeness (QED) is 0.924. The van der Waals surface area contributed by atoms with E-state index in [1.165, 1.54) is 6.92 Å². The zero-order valence-electron chi connectivity index (χ0n) is 12.0. The van der Waals surface area contributed by atoms with Crippen molar-refractivity contribution >= 4 is 27.3 Å². The van der Waals surface area contributed by atoms with Gasteiger partial charge in [-0.1, -0.05) is 19.9 Å². The Balaban J connectivity index is 2.24. The smallest absolute Gasteiger partial charge is 0.232 e. The Hall–Kier alpha value is -1.56. The van der Waals surface area contributed by atoms with Gasteiger partial charge in [0, 0.05) is 19.2 Å². The van der Waals surface area contributed by atoms with E-state index >= 15 is 0 Å². The molecule has 1 heterocycles. The molecular formula is C14H20N2O3S. The Morgan fingerprint density at radius 2 is 2.10 bits per heavy atom. The zero-order chi connectivity index (χ0) is 14.9. The fourth-order valence-electron chi connectivity index (χ4n) is 2.43. The van der Waals surface area contributed by atoms with Gasteiger partial charge in [0.2, 0.25) is 15.9 Å². The average molecular weight is 296 g/mol. The summed E-state index contributed by atoms with van der Waals surface area (Å²) in [5.41, 5.74) is 2.40. The Morgan fingerprint density at radius 1 is 1.40 bits per heavy atom. The Bertz CT molecular complexity index is 623. The van der Waals surface area contributed by atoms with Crippen molar-refractivity contribution in [1.82, 2.24) is 0 Å². The summed E-state index contributed by atoms with van der Waals surface area (Å²) in [6.07, 6.45) is 0.813. The molecule has 0 spiro atoms. The molecule has 1 amide bonds. The van der Waals surface area contributed by atoms with E-state index in [0.717, 1.165) is 17.7 Å². The normalized spacial score (nSPS) is 14.5. The van der Waals surface area contributed by atoms with Gasteiger partial charge < -0.3 is 4.90 Å².